The van der Waals surface area contributed by atoms with Gasteiger partial charge in [-0.2, -0.15) is 6.20 Å². The molecule has 0 spiro atoms. The van der Waals surface area contributed by atoms with Crippen molar-refractivity contribution < 1.29 is 35.2 Å². The van der Waals surface area contributed by atoms with Crippen LogP contribution in [0.2, 0.25) is 0 Å². The van der Waals surface area contributed by atoms with Crippen LogP contribution in [0, 0.1) is 22.2 Å². The zero-order valence-electron chi connectivity index (χ0n) is 27.2. The van der Waals surface area contributed by atoms with Crippen LogP contribution in [-0.2, 0) is 20.1 Å². The van der Waals surface area contributed by atoms with Crippen LogP contribution in [0.4, 0.5) is 11.4 Å². The van der Waals surface area contributed by atoms with Crippen molar-refractivity contribution in [2.24, 2.45) is 4.99 Å². The fraction of sp³-hybridized carbons (Fsp3) is 0.0750. The molecule has 1 aliphatic heterocycles. The number of allylic oxidation sites excluding steroid dienone is 2. The van der Waals surface area contributed by atoms with Crippen LogP contribution in [0.15, 0.2) is 157 Å². The van der Waals surface area contributed by atoms with E-state index in [1.54, 1.807) is 49.1 Å². The minimum atomic E-state index is -0.684. The number of aromatic nitrogens is 3. The third-order valence-corrected chi connectivity index (χ3v) is 7.20. The number of benzene rings is 3. The maximum Gasteiger partial charge on any atom is 3.00 e. The molecule has 1 aliphatic rings. The number of pyridine rings is 2. The van der Waals surface area contributed by atoms with E-state index in [1.165, 1.54) is 6.07 Å². The average molecular weight is 854 g/mol. The van der Waals surface area contributed by atoms with E-state index in [0.717, 1.165) is 22.5 Å². The summed E-state index contributed by atoms with van der Waals surface area (Å²) in [5.74, 6) is 0. The van der Waals surface area contributed by atoms with E-state index in [0.29, 0.717) is 22.5 Å². The van der Waals surface area contributed by atoms with Crippen LogP contribution in [0.3, 0.4) is 0 Å². The molecule has 0 atom stereocenters. The normalized spacial score (nSPS) is 12.1. The summed E-state index contributed by atoms with van der Waals surface area (Å²) in [6, 6.07) is 41.3. The van der Waals surface area contributed by atoms with E-state index < -0.39 is 11.0 Å². The largest absolute Gasteiger partial charge is 3.00 e. The molecule has 0 radical (unpaired) electrons. The summed E-state index contributed by atoms with van der Waals surface area (Å²) in [4.78, 5) is 28.0. The Labute approximate surface area is 309 Å². The van der Waals surface area contributed by atoms with Gasteiger partial charge in [-0.1, -0.05) is 42.5 Å². The molecule has 7 rings (SSSR count). The van der Waals surface area contributed by atoms with Gasteiger partial charge in [0.1, 0.15) is 5.69 Å². The number of hydrogen-bond acceptors (Lipinski definition) is 8. The Morgan fingerprint density at radius 2 is 1.45 bits per heavy atom. The summed E-state index contributed by atoms with van der Waals surface area (Å²) >= 11 is 0. The SMILES string of the molecule is O=[N+]([O-])c1cc(/C(=C2\C=CC=N2)c2ccc[n-]2)ccc1NC(CO)CO.[Ir+3].[c-]1ccccc1-c1ccccn1.[c-]1ccccc1-c1ccccn1. The zero-order valence-corrected chi connectivity index (χ0v) is 29.6. The molecule has 10 nitrogen and oxygen atoms in total. The van der Waals surface area contributed by atoms with Crippen molar-refractivity contribution in [2.75, 3.05) is 18.5 Å². The number of nitrogens with zero attached hydrogens (tertiary/aromatic N) is 5. The monoisotopic (exact) mass is 854 g/mol. The summed E-state index contributed by atoms with van der Waals surface area (Å²) in [5, 5.41) is 32.7. The van der Waals surface area contributed by atoms with Gasteiger partial charge in [0.25, 0.3) is 5.69 Å². The molecule has 256 valence electrons. The smallest absolute Gasteiger partial charge is 0.664 e. The van der Waals surface area contributed by atoms with Gasteiger partial charge in [0, 0.05) is 24.7 Å². The number of rotatable bonds is 9. The molecule has 0 saturated carbocycles. The van der Waals surface area contributed by atoms with E-state index in [1.807, 2.05) is 97.1 Å². The van der Waals surface area contributed by atoms with Gasteiger partial charge < -0.3 is 30.5 Å². The van der Waals surface area contributed by atoms with Gasteiger partial charge in [-0.05, 0) is 52.9 Å². The summed E-state index contributed by atoms with van der Waals surface area (Å²) in [6.07, 6.45) is 10.5. The van der Waals surface area contributed by atoms with Crippen LogP contribution >= 0.6 is 0 Å². The second kappa shape index (κ2) is 20.0. The molecule has 0 aliphatic carbocycles. The van der Waals surface area contributed by atoms with Crippen molar-refractivity contribution >= 4 is 23.2 Å². The first-order valence-corrected chi connectivity index (χ1v) is 15.6. The number of anilines is 1. The molecule has 6 aromatic rings. The predicted molar refractivity (Wildman–Crippen MR) is 195 cm³/mol. The minimum absolute atomic E-state index is 0. The summed E-state index contributed by atoms with van der Waals surface area (Å²) in [6.45, 7) is -0.691. The summed E-state index contributed by atoms with van der Waals surface area (Å²) in [5.41, 5.74) is 6.71. The van der Waals surface area contributed by atoms with Crippen molar-refractivity contribution in [3.05, 3.63) is 185 Å². The van der Waals surface area contributed by atoms with E-state index in [2.05, 4.69) is 37.4 Å². The Bertz CT molecular complexity index is 1860. The third-order valence-electron chi connectivity index (χ3n) is 7.20. The average Bonchev–Trinajstić information content (AvgIpc) is 3.92. The van der Waals surface area contributed by atoms with Crippen molar-refractivity contribution in [2.45, 2.75) is 6.04 Å². The fourth-order valence-electron chi connectivity index (χ4n) is 4.80. The van der Waals surface area contributed by atoms with Crippen LogP contribution in [-0.4, -0.2) is 50.6 Å². The Balaban J connectivity index is 0.000000193. The van der Waals surface area contributed by atoms with Crippen LogP contribution < -0.4 is 10.3 Å². The van der Waals surface area contributed by atoms with Gasteiger partial charge >= 0.3 is 20.1 Å². The standard InChI is InChI=1S/C18H17N4O4.2C11H8N.Ir/c23-10-13(11-24)21-14-6-5-12(9-17(14)22(25)26)18(15-3-1-7-19-15)16-4-2-8-20-16;2*1-2-6-10(7-3-1)11-8-4-5-9-12-11;/h1-9,13,21,23-24H,10-11H2;2*1-6,8-9H;/q3*-1;+3/b18-15-;;;. The Hall–Kier alpha value is -5.84. The second-order valence-corrected chi connectivity index (χ2v) is 10.6. The number of hydrogen-bond donors (Lipinski definition) is 3. The number of aliphatic imine (C=N–C) groups is 1. The number of nitro benzene ring substituents is 1. The van der Waals surface area contributed by atoms with E-state index in [9.17, 15) is 20.3 Å². The van der Waals surface area contributed by atoms with Gasteiger partial charge in [0.2, 0.25) is 0 Å². The fourth-order valence-corrected chi connectivity index (χ4v) is 4.80. The topological polar surface area (TPSA) is 148 Å². The molecule has 0 bridgehead atoms. The summed E-state index contributed by atoms with van der Waals surface area (Å²) in [7, 11) is 0. The Kier molecular flexibility index (Phi) is 14.9. The number of aliphatic hydroxyl groups is 2. The third kappa shape index (κ3) is 10.8. The van der Waals surface area contributed by atoms with Crippen molar-refractivity contribution in [1.82, 2.24) is 15.0 Å². The predicted octanol–water partition coefficient (Wildman–Crippen LogP) is 6.81. The molecular formula is C40H33IrN6O4. The molecule has 0 fully saturated rings. The maximum atomic E-state index is 11.5. The second-order valence-electron chi connectivity index (χ2n) is 10.6. The number of nitro groups is 1. The molecule has 3 N–H and O–H groups in total. The molecular weight excluding hydrogens is 821 g/mol. The molecule has 4 heterocycles. The van der Waals surface area contributed by atoms with Crippen LogP contribution in [0.5, 0.6) is 0 Å². The zero-order chi connectivity index (χ0) is 35.0. The molecule has 0 saturated heterocycles. The first kappa shape index (κ1) is 38.0. The van der Waals surface area contributed by atoms with Gasteiger partial charge in [-0.25, -0.2) is 0 Å². The molecule has 3 aromatic carbocycles. The summed E-state index contributed by atoms with van der Waals surface area (Å²) < 4.78 is 0. The molecule has 3 aromatic heterocycles. The van der Waals surface area contributed by atoms with E-state index in [-0.39, 0.29) is 44.7 Å². The van der Waals surface area contributed by atoms with E-state index >= 15 is 0 Å². The quantitative estimate of drug-likeness (QED) is 0.0817. The minimum Gasteiger partial charge on any atom is -0.664 e. The van der Waals surface area contributed by atoms with E-state index in [4.69, 9.17) is 0 Å². The van der Waals surface area contributed by atoms with Crippen LogP contribution in [0.25, 0.3) is 28.1 Å². The van der Waals surface area contributed by atoms with Crippen LogP contribution in [0.1, 0.15) is 11.3 Å². The first-order chi connectivity index (χ1) is 24.6. The Morgan fingerprint density at radius 3 is 1.90 bits per heavy atom. The molecule has 51 heavy (non-hydrogen) atoms. The number of nitrogens with one attached hydrogen (secondary N) is 1. The van der Waals surface area contributed by atoms with Crippen molar-refractivity contribution in [3.63, 3.8) is 0 Å². The molecule has 0 unspecified atom stereocenters. The van der Waals surface area contributed by atoms with Gasteiger partial charge in [0.15, 0.2) is 0 Å². The van der Waals surface area contributed by atoms with Gasteiger partial charge in [0.05, 0.1) is 29.9 Å². The maximum absolute atomic E-state index is 11.5. The molecule has 0 amide bonds. The number of aliphatic hydroxyl groups excluding tert-OH is 2. The van der Waals surface area contributed by atoms with Gasteiger partial charge in [-0.15, -0.1) is 77.5 Å². The van der Waals surface area contributed by atoms with Gasteiger partial charge in [-0.3, -0.25) is 15.1 Å². The Morgan fingerprint density at radius 1 is 0.824 bits per heavy atom. The first-order valence-electron chi connectivity index (χ1n) is 15.6. The van der Waals surface area contributed by atoms with Crippen molar-refractivity contribution in [3.8, 4) is 22.5 Å². The van der Waals surface area contributed by atoms with Crippen molar-refractivity contribution in [1.29, 1.82) is 0 Å². The molecule has 11 heteroatoms.